The van der Waals surface area contributed by atoms with Crippen LogP contribution in [0.4, 0.5) is 0 Å². The molecule has 0 aromatic heterocycles. The van der Waals surface area contributed by atoms with Gasteiger partial charge in [0.15, 0.2) is 0 Å². The summed E-state index contributed by atoms with van der Waals surface area (Å²) in [6.45, 7) is 1.08. The maximum Gasteiger partial charge on any atom is 0.224 e. The Balaban J connectivity index is 1.20. The van der Waals surface area contributed by atoms with Gasteiger partial charge in [-0.05, 0) is 39.1 Å². The van der Waals surface area contributed by atoms with Crippen molar-refractivity contribution in [2.45, 2.75) is 19.3 Å². The van der Waals surface area contributed by atoms with Crippen molar-refractivity contribution in [3.05, 3.63) is 96.1 Å². The van der Waals surface area contributed by atoms with E-state index in [-0.39, 0.29) is 11.8 Å². The highest BCUT2D eigenvalue weighted by Gasteiger charge is 2.08. The van der Waals surface area contributed by atoms with E-state index in [1.165, 1.54) is 0 Å². The molecule has 4 nitrogen and oxygen atoms in total. The Bertz CT molecular complexity index is 1110. The van der Waals surface area contributed by atoms with Crippen LogP contribution in [-0.4, -0.2) is 24.9 Å². The van der Waals surface area contributed by atoms with Gasteiger partial charge >= 0.3 is 0 Å². The fourth-order valence-electron chi connectivity index (χ4n) is 3.91. The molecule has 0 heterocycles. The first-order chi connectivity index (χ1) is 15.2. The molecule has 2 N–H and O–H groups in total. The molecule has 0 saturated heterocycles. The van der Waals surface area contributed by atoms with Gasteiger partial charge in [-0.25, -0.2) is 0 Å². The molecule has 4 aromatic carbocycles. The number of amides is 2. The lowest BCUT2D eigenvalue weighted by Crippen LogP contribution is -2.31. The van der Waals surface area contributed by atoms with Gasteiger partial charge in [0.05, 0.1) is 12.8 Å². The standard InChI is InChI=1S/C27H26N2O2/c30-26(18-22-12-5-10-20-8-1-3-14-24(20)22)28-16-7-17-29-27(31)19-23-13-6-11-21-9-2-4-15-25(21)23/h1-6,8-15H,7,16-19H2,(H,28,30)(H,29,31). The molecule has 2 amide bonds. The number of nitrogens with one attached hydrogen (secondary N) is 2. The number of rotatable bonds is 8. The van der Waals surface area contributed by atoms with E-state index in [0.29, 0.717) is 32.4 Å². The van der Waals surface area contributed by atoms with Crippen molar-refractivity contribution in [3.8, 4) is 0 Å². The predicted octanol–water partition coefficient (Wildman–Crippen LogP) is 4.40. The zero-order valence-electron chi connectivity index (χ0n) is 17.4. The molecule has 0 aliphatic carbocycles. The monoisotopic (exact) mass is 410 g/mol. The van der Waals surface area contributed by atoms with E-state index in [1.54, 1.807) is 0 Å². The topological polar surface area (TPSA) is 58.2 Å². The van der Waals surface area contributed by atoms with Gasteiger partial charge in [-0.3, -0.25) is 9.59 Å². The summed E-state index contributed by atoms with van der Waals surface area (Å²) in [6, 6.07) is 28.2. The smallest absolute Gasteiger partial charge is 0.224 e. The van der Waals surface area contributed by atoms with Crippen molar-refractivity contribution >= 4 is 33.4 Å². The molecule has 0 fully saturated rings. The number of hydrogen-bond acceptors (Lipinski definition) is 2. The van der Waals surface area contributed by atoms with Gasteiger partial charge in [0.1, 0.15) is 0 Å². The molecule has 0 aliphatic heterocycles. The molecule has 31 heavy (non-hydrogen) atoms. The Morgan fingerprint density at radius 1 is 0.548 bits per heavy atom. The first-order valence-corrected chi connectivity index (χ1v) is 10.7. The average molecular weight is 411 g/mol. The Morgan fingerprint density at radius 3 is 1.45 bits per heavy atom. The van der Waals surface area contributed by atoms with Crippen LogP contribution in [0.5, 0.6) is 0 Å². The van der Waals surface area contributed by atoms with Crippen molar-refractivity contribution in [1.82, 2.24) is 10.6 Å². The number of fused-ring (bicyclic) bond motifs is 2. The second kappa shape index (κ2) is 9.90. The fraction of sp³-hybridized carbons (Fsp3) is 0.185. The number of benzene rings is 4. The van der Waals surface area contributed by atoms with E-state index < -0.39 is 0 Å². The highest BCUT2D eigenvalue weighted by atomic mass is 16.2. The summed E-state index contributed by atoms with van der Waals surface area (Å²) in [5.74, 6) is -0.00290. The van der Waals surface area contributed by atoms with Crippen LogP contribution in [0.2, 0.25) is 0 Å². The summed E-state index contributed by atoms with van der Waals surface area (Å²) < 4.78 is 0. The molecule has 0 bridgehead atoms. The SMILES string of the molecule is O=C(Cc1cccc2ccccc12)NCCCNC(=O)Cc1cccc2ccccc12. The second-order valence-electron chi connectivity index (χ2n) is 7.68. The van der Waals surface area contributed by atoms with Gasteiger partial charge in [-0.15, -0.1) is 0 Å². The summed E-state index contributed by atoms with van der Waals surface area (Å²) in [7, 11) is 0. The minimum Gasteiger partial charge on any atom is -0.356 e. The van der Waals surface area contributed by atoms with Crippen molar-refractivity contribution in [3.63, 3.8) is 0 Å². The Labute approximate surface area is 182 Å². The predicted molar refractivity (Wildman–Crippen MR) is 126 cm³/mol. The van der Waals surface area contributed by atoms with E-state index in [2.05, 4.69) is 34.9 Å². The third kappa shape index (κ3) is 5.28. The number of carbonyl (C=O) groups excluding carboxylic acids is 2. The van der Waals surface area contributed by atoms with Crippen LogP contribution in [0, 0.1) is 0 Å². The highest BCUT2D eigenvalue weighted by molar-refractivity contribution is 5.91. The zero-order valence-corrected chi connectivity index (χ0v) is 17.4. The van der Waals surface area contributed by atoms with Crippen LogP contribution >= 0.6 is 0 Å². The third-order valence-electron chi connectivity index (χ3n) is 5.46. The van der Waals surface area contributed by atoms with E-state index in [4.69, 9.17) is 0 Å². The Morgan fingerprint density at radius 2 is 0.968 bits per heavy atom. The Kier molecular flexibility index (Phi) is 6.58. The first-order valence-electron chi connectivity index (χ1n) is 10.7. The van der Waals surface area contributed by atoms with Crippen molar-refractivity contribution in [2.75, 3.05) is 13.1 Å². The third-order valence-corrected chi connectivity index (χ3v) is 5.46. The summed E-state index contributed by atoms with van der Waals surface area (Å²) in [5, 5.41) is 10.4. The summed E-state index contributed by atoms with van der Waals surface area (Å²) in [4.78, 5) is 24.6. The van der Waals surface area contributed by atoms with Gasteiger partial charge in [0, 0.05) is 13.1 Å². The van der Waals surface area contributed by atoms with Crippen LogP contribution < -0.4 is 10.6 Å². The van der Waals surface area contributed by atoms with E-state index >= 15 is 0 Å². The van der Waals surface area contributed by atoms with Gasteiger partial charge in [-0.1, -0.05) is 84.9 Å². The van der Waals surface area contributed by atoms with Gasteiger partial charge in [-0.2, -0.15) is 0 Å². The molecule has 0 unspecified atom stereocenters. The van der Waals surface area contributed by atoms with Crippen LogP contribution in [0.25, 0.3) is 21.5 Å². The van der Waals surface area contributed by atoms with Crippen LogP contribution in [-0.2, 0) is 22.4 Å². The molecule has 156 valence electrons. The molecule has 4 rings (SSSR count). The second-order valence-corrected chi connectivity index (χ2v) is 7.68. The molecular weight excluding hydrogens is 384 g/mol. The molecular formula is C27H26N2O2. The van der Waals surface area contributed by atoms with Gasteiger partial charge < -0.3 is 10.6 Å². The van der Waals surface area contributed by atoms with Crippen molar-refractivity contribution in [1.29, 1.82) is 0 Å². The maximum absolute atomic E-state index is 12.3. The lowest BCUT2D eigenvalue weighted by atomic mass is 10.0. The zero-order chi connectivity index (χ0) is 21.5. The molecule has 0 aliphatic rings. The average Bonchev–Trinajstić information content (AvgIpc) is 2.79. The quantitative estimate of drug-likeness (QED) is 0.423. The van der Waals surface area contributed by atoms with Gasteiger partial charge in [0.2, 0.25) is 11.8 Å². The largest absolute Gasteiger partial charge is 0.356 e. The van der Waals surface area contributed by atoms with Crippen molar-refractivity contribution in [2.24, 2.45) is 0 Å². The number of carbonyl (C=O) groups is 2. The van der Waals surface area contributed by atoms with Crippen LogP contribution in [0.3, 0.4) is 0 Å². The van der Waals surface area contributed by atoms with E-state index in [9.17, 15) is 9.59 Å². The minimum absolute atomic E-state index is 0.00145. The molecule has 0 spiro atoms. The van der Waals surface area contributed by atoms with Gasteiger partial charge in [0.25, 0.3) is 0 Å². The van der Waals surface area contributed by atoms with E-state index in [0.717, 1.165) is 32.7 Å². The maximum atomic E-state index is 12.3. The van der Waals surface area contributed by atoms with Crippen molar-refractivity contribution < 1.29 is 9.59 Å². The lowest BCUT2D eigenvalue weighted by molar-refractivity contribution is -0.120. The van der Waals surface area contributed by atoms with E-state index in [1.807, 2.05) is 60.7 Å². The summed E-state index contributed by atoms with van der Waals surface area (Å²) in [6.07, 6.45) is 1.41. The number of hydrogen-bond donors (Lipinski definition) is 2. The highest BCUT2D eigenvalue weighted by Crippen LogP contribution is 2.19. The summed E-state index contributed by atoms with van der Waals surface area (Å²) >= 11 is 0. The van der Waals surface area contributed by atoms with Crippen LogP contribution in [0.1, 0.15) is 17.5 Å². The molecule has 0 atom stereocenters. The molecule has 0 saturated carbocycles. The minimum atomic E-state index is -0.00145. The first kappa shape index (κ1) is 20.6. The fourth-order valence-corrected chi connectivity index (χ4v) is 3.91. The normalized spacial score (nSPS) is 10.8. The molecule has 4 heteroatoms. The summed E-state index contributed by atoms with van der Waals surface area (Å²) in [5.41, 5.74) is 2.05. The lowest BCUT2D eigenvalue weighted by Gasteiger charge is -2.09. The van der Waals surface area contributed by atoms with Crippen LogP contribution in [0.15, 0.2) is 84.9 Å². The molecule has 0 radical (unpaired) electrons. The molecule has 4 aromatic rings. The Hall–Kier alpha value is -3.66.